The summed E-state index contributed by atoms with van der Waals surface area (Å²) in [7, 11) is -2.35. The predicted molar refractivity (Wildman–Crippen MR) is 91.9 cm³/mol. The molecule has 0 saturated heterocycles. The number of aromatic nitrogens is 3. The molecule has 0 aliphatic carbocycles. The Kier molecular flexibility index (Phi) is 5.03. The van der Waals surface area contributed by atoms with Crippen molar-refractivity contribution in [3.8, 4) is 11.3 Å². The van der Waals surface area contributed by atoms with Crippen molar-refractivity contribution in [1.29, 1.82) is 0 Å². The number of nitrogens with zero attached hydrogens (tertiary/aromatic N) is 3. The number of halogens is 3. The molecule has 3 rings (SSSR count). The molecule has 1 N–H and O–H groups in total. The number of rotatable bonds is 5. The fourth-order valence-corrected chi connectivity index (χ4v) is 3.55. The van der Waals surface area contributed by atoms with Crippen LogP contribution in [0.15, 0.2) is 59.9 Å². The molecule has 0 spiro atoms. The van der Waals surface area contributed by atoms with E-state index in [-0.39, 0.29) is 6.54 Å². The lowest BCUT2D eigenvalue weighted by Gasteiger charge is -2.11. The van der Waals surface area contributed by atoms with Crippen molar-refractivity contribution in [2.45, 2.75) is 17.6 Å². The van der Waals surface area contributed by atoms with E-state index in [2.05, 4.69) is 14.8 Å². The molecule has 0 saturated carbocycles. The van der Waals surface area contributed by atoms with Crippen molar-refractivity contribution in [2.24, 2.45) is 7.05 Å². The lowest BCUT2D eigenvalue weighted by Crippen LogP contribution is -2.23. The second kappa shape index (κ2) is 7.12. The van der Waals surface area contributed by atoms with Gasteiger partial charge in [0.15, 0.2) is 0 Å². The number of nitrogens with one attached hydrogen (secondary N) is 1. The van der Waals surface area contributed by atoms with Gasteiger partial charge in [-0.15, -0.1) is 0 Å². The molecule has 6 nitrogen and oxygen atoms in total. The van der Waals surface area contributed by atoms with Crippen molar-refractivity contribution >= 4 is 10.0 Å². The predicted octanol–water partition coefficient (Wildman–Crippen LogP) is 2.98. The fraction of sp³-hybridized carbons (Fsp3) is 0.176. The molecular weight excluding hydrogens is 381 g/mol. The normalized spacial score (nSPS) is 12.3. The van der Waals surface area contributed by atoms with Crippen molar-refractivity contribution in [1.82, 2.24) is 19.5 Å². The first kappa shape index (κ1) is 19.1. The largest absolute Gasteiger partial charge is 0.416 e. The van der Waals surface area contributed by atoms with Gasteiger partial charge in [0, 0.05) is 37.7 Å². The summed E-state index contributed by atoms with van der Waals surface area (Å²) in [6.07, 6.45) is 0.0988. The van der Waals surface area contributed by atoms with Gasteiger partial charge in [0.25, 0.3) is 0 Å². The number of benzene rings is 1. The van der Waals surface area contributed by atoms with Crippen LogP contribution in [0.1, 0.15) is 11.1 Å². The summed E-state index contributed by atoms with van der Waals surface area (Å²) in [5.41, 5.74) is 1.07. The fourth-order valence-electron chi connectivity index (χ4n) is 2.48. The van der Waals surface area contributed by atoms with Crippen LogP contribution in [0, 0.1) is 0 Å². The number of hydrogen-bond donors (Lipinski definition) is 1. The Bertz CT molecular complexity index is 1060. The van der Waals surface area contributed by atoms with Crippen LogP contribution < -0.4 is 4.72 Å². The highest BCUT2D eigenvalue weighted by molar-refractivity contribution is 7.89. The highest BCUT2D eigenvalue weighted by Crippen LogP contribution is 2.30. The molecule has 0 radical (unpaired) electrons. The van der Waals surface area contributed by atoms with E-state index >= 15 is 0 Å². The molecule has 0 atom stereocenters. The van der Waals surface area contributed by atoms with Crippen LogP contribution in [0.3, 0.4) is 0 Å². The van der Waals surface area contributed by atoms with Gasteiger partial charge in [0.2, 0.25) is 10.0 Å². The third-order valence-corrected chi connectivity index (χ3v) is 5.25. The smallest absolute Gasteiger partial charge is 0.268 e. The number of pyridine rings is 1. The maximum Gasteiger partial charge on any atom is 0.416 e. The van der Waals surface area contributed by atoms with E-state index in [1.54, 1.807) is 36.3 Å². The number of aryl methyl sites for hydroxylation is 1. The zero-order valence-corrected chi connectivity index (χ0v) is 14.9. The van der Waals surface area contributed by atoms with Crippen LogP contribution in [0.5, 0.6) is 0 Å². The Morgan fingerprint density at radius 1 is 1.15 bits per heavy atom. The molecule has 0 fully saturated rings. The monoisotopic (exact) mass is 396 g/mol. The van der Waals surface area contributed by atoms with Gasteiger partial charge in [-0.25, -0.2) is 13.1 Å². The number of hydrogen-bond acceptors (Lipinski definition) is 4. The third kappa shape index (κ3) is 4.34. The van der Waals surface area contributed by atoms with Crippen LogP contribution in [-0.4, -0.2) is 23.2 Å². The molecule has 2 aromatic heterocycles. The molecule has 2 heterocycles. The van der Waals surface area contributed by atoms with E-state index in [9.17, 15) is 21.6 Å². The highest BCUT2D eigenvalue weighted by atomic mass is 32.2. The first-order chi connectivity index (χ1) is 12.7. The van der Waals surface area contributed by atoms with Crippen molar-refractivity contribution < 1.29 is 21.6 Å². The van der Waals surface area contributed by atoms with E-state index in [1.807, 2.05) is 0 Å². The second-order valence-corrected chi connectivity index (χ2v) is 7.54. The third-order valence-electron chi connectivity index (χ3n) is 3.85. The van der Waals surface area contributed by atoms with E-state index < -0.39 is 26.7 Å². The lowest BCUT2D eigenvalue weighted by molar-refractivity contribution is -0.137. The number of sulfonamides is 1. The summed E-state index contributed by atoms with van der Waals surface area (Å²) >= 11 is 0. The summed E-state index contributed by atoms with van der Waals surface area (Å²) in [6, 6.07) is 7.11. The van der Waals surface area contributed by atoms with E-state index in [4.69, 9.17) is 0 Å². The lowest BCUT2D eigenvalue weighted by atomic mass is 10.1. The molecule has 27 heavy (non-hydrogen) atoms. The van der Waals surface area contributed by atoms with E-state index in [0.29, 0.717) is 11.6 Å². The summed E-state index contributed by atoms with van der Waals surface area (Å²) in [5, 5.41) is 4.06. The van der Waals surface area contributed by atoms with Crippen molar-refractivity contribution in [3.63, 3.8) is 0 Å². The average Bonchev–Trinajstić information content (AvgIpc) is 3.06. The van der Waals surface area contributed by atoms with Crippen molar-refractivity contribution in [2.75, 3.05) is 0 Å². The first-order valence-electron chi connectivity index (χ1n) is 7.76. The maximum absolute atomic E-state index is 12.8. The van der Waals surface area contributed by atoms with Crippen molar-refractivity contribution in [3.05, 3.63) is 66.1 Å². The highest BCUT2D eigenvalue weighted by Gasteiger charge is 2.31. The maximum atomic E-state index is 12.8. The summed E-state index contributed by atoms with van der Waals surface area (Å²) in [5.74, 6) is 0. The summed E-state index contributed by atoms with van der Waals surface area (Å²) < 4.78 is 67.0. The SMILES string of the molecule is Cn1nccc1-c1cncc(CNS(=O)(=O)c2cccc(C(F)(F)F)c2)c1. The van der Waals surface area contributed by atoms with Crippen LogP contribution in [0.4, 0.5) is 13.2 Å². The average molecular weight is 396 g/mol. The molecule has 0 aliphatic heterocycles. The minimum atomic E-state index is -4.62. The van der Waals surface area contributed by atoms with Gasteiger partial charge in [0.05, 0.1) is 16.2 Å². The molecule has 142 valence electrons. The van der Waals surface area contributed by atoms with Crippen LogP contribution in [0.2, 0.25) is 0 Å². The van der Waals surface area contributed by atoms with Gasteiger partial charge in [0.1, 0.15) is 0 Å². The van der Waals surface area contributed by atoms with Gasteiger partial charge in [-0.2, -0.15) is 18.3 Å². The topological polar surface area (TPSA) is 76.9 Å². The minimum absolute atomic E-state index is 0.114. The zero-order valence-electron chi connectivity index (χ0n) is 14.1. The molecule has 1 aromatic carbocycles. The summed E-state index contributed by atoms with van der Waals surface area (Å²) in [6.45, 7) is -0.114. The van der Waals surface area contributed by atoms with Crippen LogP contribution >= 0.6 is 0 Å². The molecular formula is C17H15F3N4O2S. The zero-order chi connectivity index (χ0) is 19.7. The molecule has 0 aliphatic rings. The molecule has 0 bridgehead atoms. The first-order valence-corrected chi connectivity index (χ1v) is 9.24. The van der Waals surface area contributed by atoms with Gasteiger partial charge < -0.3 is 0 Å². The molecule has 0 amide bonds. The second-order valence-electron chi connectivity index (χ2n) is 5.77. The Balaban J connectivity index is 1.79. The Labute approximate surface area is 153 Å². The van der Waals surface area contributed by atoms with Crippen LogP contribution in [-0.2, 0) is 29.8 Å². The van der Waals surface area contributed by atoms with Gasteiger partial charge >= 0.3 is 6.18 Å². The van der Waals surface area contributed by atoms with Gasteiger partial charge in [-0.05, 0) is 35.9 Å². The molecule has 10 heteroatoms. The Morgan fingerprint density at radius 2 is 1.93 bits per heavy atom. The molecule has 3 aromatic rings. The molecule has 0 unspecified atom stereocenters. The van der Waals surface area contributed by atoms with E-state index in [1.165, 1.54) is 6.20 Å². The minimum Gasteiger partial charge on any atom is -0.268 e. The standard InChI is InChI=1S/C17H15F3N4O2S/c1-24-16(5-6-22-24)13-7-12(9-21-11-13)10-23-27(25,26)15-4-2-3-14(8-15)17(18,19)20/h2-9,11,23H,10H2,1H3. The van der Waals surface area contributed by atoms with E-state index in [0.717, 1.165) is 29.5 Å². The number of alkyl halides is 3. The summed E-state index contributed by atoms with van der Waals surface area (Å²) in [4.78, 5) is 3.63. The van der Waals surface area contributed by atoms with Gasteiger partial charge in [-0.3, -0.25) is 9.67 Å². The van der Waals surface area contributed by atoms with Crippen LogP contribution in [0.25, 0.3) is 11.3 Å². The van der Waals surface area contributed by atoms with Gasteiger partial charge in [-0.1, -0.05) is 6.07 Å². The quantitative estimate of drug-likeness (QED) is 0.719. The Morgan fingerprint density at radius 3 is 2.59 bits per heavy atom. The Hall–Kier alpha value is -2.72.